The monoisotopic (exact) mass is 488 g/mol. The quantitative estimate of drug-likeness (QED) is 0.333. The lowest BCUT2D eigenvalue weighted by Crippen LogP contribution is -2.44. The summed E-state index contributed by atoms with van der Waals surface area (Å²) in [7, 11) is 1.61. The van der Waals surface area contributed by atoms with Gasteiger partial charge in [-0.1, -0.05) is 30.3 Å². The van der Waals surface area contributed by atoms with Crippen LogP contribution < -0.4 is 15.0 Å². The third kappa shape index (κ3) is 6.00. The molecular formula is C28H28N2O4S. The van der Waals surface area contributed by atoms with Gasteiger partial charge >= 0.3 is 0 Å². The van der Waals surface area contributed by atoms with Crippen LogP contribution in [0.5, 0.6) is 5.75 Å². The molecule has 0 bridgehead atoms. The van der Waals surface area contributed by atoms with Crippen molar-refractivity contribution in [2.45, 2.75) is 32.9 Å². The fraction of sp³-hybridized carbons (Fsp3) is 0.214. The maximum atomic E-state index is 13.7. The topological polar surface area (TPSA) is 71.8 Å². The molecule has 1 N–H and O–H groups in total. The first-order valence-electron chi connectivity index (χ1n) is 11.3. The fourth-order valence-electron chi connectivity index (χ4n) is 3.87. The number of amides is 2. The Morgan fingerprint density at radius 1 is 1.03 bits per heavy atom. The zero-order valence-electron chi connectivity index (χ0n) is 20.0. The van der Waals surface area contributed by atoms with E-state index in [0.29, 0.717) is 23.8 Å². The number of thiophene rings is 1. The van der Waals surface area contributed by atoms with E-state index in [1.54, 1.807) is 24.1 Å². The highest BCUT2D eigenvalue weighted by Crippen LogP contribution is 2.31. The van der Waals surface area contributed by atoms with Crippen LogP contribution in [0.15, 0.2) is 82.6 Å². The number of furan rings is 1. The summed E-state index contributed by atoms with van der Waals surface area (Å²) in [6.07, 6.45) is 0.188. The minimum absolute atomic E-state index is 0.184. The van der Waals surface area contributed by atoms with E-state index in [4.69, 9.17) is 9.15 Å². The summed E-state index contributed by atoms with van der Waals surface area (Å²) in [6.45, 7) is 4.08. The van der Waals surface area contributed by atoms with Crippen molar-refractivity contribution < 1.29 is 18.7 Å². The van der Waals surface area contributed by atoms with Crippen molar-refractivity contribution in [1.82, 2.24) is 5.32 Å². The van der Waals surface area contributed by atoms with Crippen molar-refractivity contribution >= 4 is 28.8 Å². The first-order valence-corrected chi connectivity index (χ1v) is 12.2. The summed E-state index contributed by atoms with van der Waals surface area (Å²) in [5.74, 6) is 1.32. The van der Waals surface area contributed by atoms with Crippen LogP contribution in [0.3, 0.4) is 0 Å². The molecule has 4 rings (SSSR count). The summed E-state index contributed by atoms with van der Waals surface area (Å²) in [6, 6.07) is 21.5. The molecule has 180 valence electrons. The molecule has 4 aromatic rings. The van der Waals surface area contributed by atoms with E-state index < -0.39 is 6.04 Å². The molecule has 0 aliphatic carbocycles. The van der Waals surface area contributed by atoms with Gasteiger partial charge in [0.15, 0.2) is 6.04 Å². The maximum absolute atomic E-state index is 13.7. The Hall–Kier alpha value is -3.84. The third-order valence-corrected chi connectivity index (χ3v) is 6.49. The molecule has 2 amide bonds. The van der Waals surface area contributed by atoms with Crippen LogP contribution in [0.2, 0.25) is 0 Å². The highest BCUT2D eigenvalue weighted by atomic mass is 32.1. The number of benzene rings is 2. The number of aryl methyl sites for hydroxylation is 2. The van der Waals surface area contributed by atoms with Crippen LogP contribution >= 0.6 is 11.3 Å². The van der Waals surface area contributed by atoms with Crippen LogP contribution in [0.25, 0.3) is 0 Å². The zero-order chi connectivity index (χ0) is 24.8. The standard InChI is InChI=1S/C28H28N2O4S/c1-19-6-4-7-22(16-19)30(26(31)17-24-8-5-15-35-24)27(25-14-9-20(2)34-25)28(32)29-18-21-10-12-23(33-3)13-11-21/h4-16,27H,17-18H2,1-3H3,(H,29,32)/t27-/m1/s1. The molecule has 0 saturated heterocycles. The largest absolute Gasteiger partial charge is 0.497 e. The van der Waals surface area contributed by atoms with Crippen molar-refractivity contribution in [2.75, 3.05) is 12.0 Å². The van der Waals surface area contributed by atoms with E-state index in [2.05, 4.69) is 5.32 Å². The summed E-state index contributed by atoms with van der Waals surface area (Å²) in [5.41, 5.74) is 2.55. The average Bonchev–Trinajstić information content (AvgIpc) is 3.52. The van der Waals surface area contributed by atoms with Gasteiger partial charge in [0.1, 0.15) is 17.3 Å². The number of anilines is 1. The molecule has 35 heavy (non-hydrogen) atoms. The Morgan fingerprint density at radius 3 is 2.46 bits per heavy atom. The Balaban J connectivity index is 1.68. The maximum Gasteiger partial charge on any atom is 0.251 e. The fourth-order valence-corrected chi connectivity index (χ4v) is 4.56. The summed E-state index contributed by atoms with van der Waals surface area (Å²) >= 11 is 1.52. The smallest absolute Gasteiger partial charge is 0.251 e. The van der Waals surface area contributed by atoms with E-state index in [0.717, 1.165) is 21.8 Å². The number of hydrogen-bond acceptors (Lipinski definition) is 5. The minimum atomic E-state index is -0.962. The van der Waals surface area contributed by atoms with E-state index >= 15 is 0 Å². The summed E-state index contributed by atoms with van der Waals surface area (Å²) < 4.78 is 11.1. The molecule has 0 spiro atoms. The molecule has 2 heterocycles. The van der Waals surface area contributed by atoms with Gasteiger partial charge in [-0.05, 0) is 72.8 Å². The second-order valence-corrected chi connectivity index (χ2v) is 9.31. The molecular weight excluding hydrogens is 460 g/mol. The van der Waals surface area contributed by atoms with Gasteiger partial charge in [-0.25, -0.2) is 0 Å². The number of carbonyl (C=O) groups is 2. The molecule has 0 radical (unpaired) electrons. The van der Waals surface area contributed by atoms with E-state index in [9.17, 15) is 9.59 Å². The first kappa shape index (κ1) is 24.3. The molecule has 0 aliphatic heterocycles. The van der Waals surface area contributed by atoms with Gasteiger partial charge in [-0.15, -0.1) is 11.3 Å². The number of ether oxygens (including phenoxy) is 1. The lowest BCUT2D eigenvalue weighted by Gasteiger charge is -2.30. The van der Waals surface area contributed by atoms with Gasteiger partial charge < -0.3 is 14.5 Å². The van der Waals surface area contributed by atoms with Gasteiger partial charge in [0.25, 0.3) is 5.91 Å². The van der Waals surface area contributed by atoms with Crippen LogP contribution in [-0.2, 0) is 22.6 Å². The highest BCUT2D eigenvalue weighted by molar-refractivity contribution is 7.10. The van der Waals surface area contributed by atoms with Crippen molar-refractivity contribution in [2.24, 2.45) is 0 Å². The van der Waals surface area contributed by atoms with Crippen molar-refractivity contribution in [1.29, 1.82) is 0 Å². The minimum Gasteiger partial charge on any atom is -0.497 e. The van der Waals surface area contributed by atoms with Crippen LogP contribution in [0.1, 0.15) is 33.6 Å². The molecule has 0 fully saturated rings. The SMILES string of the molecule is COc1ccc(CNC(=O)[C@@H](c2ccc(C)o2)N(C(=O)Cc2cccs2)c2cccc(C)c2)cc1. The molecule has 6 nitrogen and oxygen atoms in total. The molecule has 2 aromatic heterocycles. The van der Waals surface area contributed by atoms with Gasteiger partial charge in [0, 0.05) is 17.1 Å². The van der Waals surface area contributed by atoms with Crippen LogP contribution in [0.4, 0.5) is 5.69 Å². The van der Waals surface area contributed by atoms with E-state index in [1.807, 2.05) is 79.9 Å². The first-order chi connectivity index (χ1) is 16.9. The number of rotatable bonds is 9. The Kier molecular flexibility index (Phi) is 7.67. The van der Waals surface area contributed by atoms with Gasteiger partial charge in [0.05, 0.1) is 13.5 Å². The predicted molar refractivity (Wildman–Crippen MR) is 138 cm³/mol. The van der Waals surface area contributed by atoms with Crippen molar-refractivity contribution in [3.63, 3.8) is 0 Å². The number of nitrogens with zero attached hydrogens (tertiary/aromatic N) is 1. The van der Waals surface area contributed by atoms with Crippen LogP contribution in [0, 0.1) is 13.8 Å². The summed E-state index contributed by atoms with van der Waals surface area (Å²) in [4.78, 5) is 29.8. The van der Waals surface area contributed by atoms with E-state index in [-0.39, 0.29) is 18.2 Å². The molecule has 1 atom stereocenters. The Morgan fingerprint density at radius 2 is 1.83 bits per heavy atom. The number of carbonyl (C=O) groups excluding carboxylic acids is 2. The Labute approximate surface area is 209 Å². The third-order valence-electron chi connectivity index (χ3n) is 5.62. The van der Waals surface area contributed by atoms with Gasteiger partial charge in [0.2, 0.25) is 5.91 Å². The normalized spacial score (nSPS) is 11.6. The molecule has 0 unspecified atom stereocenters. The number of methoxy groups -OCH3 is 1. The van der Waals surface area contributed by atoms with Gasteiger partial charge in [-0.3, -0.25) is 14.5 Å². The number of nitrogens with one attached hydrogen (secondary N) is 1. The lowest BCUT2D eigenvalue weighted by molar-refractivity contribution is -0.127. The molecule has 2 aromatic carbocycles. The lowest BCUT2D eigenvalue weighted by atomic mass is 10.1. The van der Waals surface area contributed by atoms with Gasteiger partial charge in [-0.2, -0.15) is 0 Å². The van der Waals surface area contributed by atoms with Crippen molar-refractivity contribution in [3.8, 4) is 5.75 Å². The second-order valence-electron chi connectivity index (χ2n) is 8.28. The zero-order valence-corrected chi connectivity index (χ0v) is 20.8. The Bertz CT molecular complexity index is 1280. The summed E-state index contributed by atoms with van der Waals surface area (Å²) in [5, 5.41) is 4.93. The molecule has 0 saturated carbocycles. The predicted octanol–water partition coefficient (Wildman–Crippen LogP) is 5.60. The van der Waals surface area contributed by atoms with Crippen LogP contribution in [-0.4, -0.2) is 18.9 Å². The van der Waals surface area contributed by atoms with Crippen molar-refractivity contribution in [3.05, 3.63) is 106 Å². The molecule has 0 aliphatic rings. The number of hydrogen-bond donors (Lipinski definition) is 1. The average molecular weight is 489 g/mol. The van der Waals surface area contributed by atoms with E-state index in [1.165, 1.54) is 11.3 Å². The second kappa shape index (κ2) is 11.1. The highest BCUT2D eigenvalue weighted by Gasteiger charge is 2.35. The molecule has 7 heteroatoms.